The van der Waals surface area contributed by atoms with E-state index in [0.717, 1.165) is 24.3 Å². The lowest BCUT2D eigenvalue weighted by molar-refractivity contribution is -0.139. The van der Waals surface area contributed by atoms with Crippen LogP contribution in [0.2, 0.25) is 0 Å². The zero-order valence-electron chi connectivity index (χ0n) is 12.5. The van der Waals surface area contributed by atoms with Crippen molar-refractivity contribution in [3.8, 4) is 11.5 Å². The molecule has 0 saturated heterocycles. The number of nitrogens with one attached hydrogen (secondary N) is 1. The van der Waals surface area contributed by atoms with Crippen molar-refractivity contribution < 1.29 is 32.2 Å². The summed E-state index contributed by atoms with van der Waals surface area (Å²) in [4.78, 5) is 10.4. The molecule has 0 fully saturated rings. The van der Waals surface area contributed by atoms with Gasteiger partial charge in [-0.3, -0.25) is 4.72 Å². The fraction of sp³-hybridized carbons (Fsp3) is 0.133. The second-order valence-corrected chi connectivity index (χ2v) is 6.32. The molecule has 0 unspecified atom stereocenters. The number of carboxylic acids is 1. The largest absolute Gasteiger partial charge is 0.497 e. The molecule has 24 heavy (non-hydrogen) atoms. The second-order valence-electron chi connectivity index (χ2n) is 4.64. The Balaban J connectivity index is 2.28. The molecule has 0 aliphatic rings. The molecule has 0 amide bonds. The van der Waals surface area contributed by atoms with Crippen LogP contribution in [0.15, 0.2) is 47.4 Å². The van der Waals surface area contributed by atoms with Crippen molar-refractivity contribution in [2.24, 2.45) is 0 Å². The minimum absolute atomic E-state index is 0.110. The number of hydrogen-bond acceptors (Lipinski definition) is 5. The molecule has 0 bridgehead atoms. The van der Waals surface area contributed by atoms with E-state index in [1.807, 2.05) is 0 Å². The van der Waals surface area contributed by atoms with Gasteiger partial charge in [-0.25, -0.2) is 17.6 Å². The number of aliphatic carboxylic acids is 1. The number of ether oxygens (including phenoxy) is 2. The number of sulfonamides is 1. The predicted octanol–water partition coefficient (Wildman–Crippen LogP) is 2.10. The highest BCUT2D eigenvalue weighted by molar-refractivity contribution is 7.92. The van der Waals surface area contributed by atoms with Crippen LogP contribution in [0.5, 0.6) is 11.5 Å². The van der Waals surface area contributed by atoms with Gasteiger partial charge in [0.15, 0.2) is 6.61 Å². The number of anilines is 1. The Morgan fingerprint density at radius 1 is 1.17 bits per heavy atom. The zero-order chi connectivity index (χ0) is 17.7. The second kappa shape index (κ2) is 7.18. The smallest absolute Gasteiger partial charge is 0.341 e. The fourth-order valence-corrected chi connectivity index (χ4v) is 2.85. The third kappa shape index (κ3) is 4.59. The Morgan fingerprint density at radius 3 is 2.38 bits per heavy atom. The van der Waals surface area contributed by atoms with E-state index in [1.54, 1.807) is 0 Å². The molecule has 7 nitrogen and oxygen atoms in total. The van der Waals surface area contributed by atoms with Gasteiger partial charge in [0.05, 0.1) is 17.7 Å². The Kier molecular flexibility index (Phi) is 5.24. The number of halogens is 1. The molecule has 0 aromatic heterocycles. The zero-order valence-corrected chi connectivity index (χ0v) is 13.3. The molecule has 0 atom stereocenters. The average molecular weight is 355 g/mol. The third-order valence-electron chi connectivity index (χ3n) is 2.85. The number of carbonyl (C=O) groups is 1. The van der Waals surface area contributed by atoms with Crippen LogP contribution in [0.1, 0.15) is 0 Å². The topological polar surface area (TPSA) is 102 Å². The molecule has 2 aromatic carbocycles. The first-order valence-corrected chi connectivity index (χ1v) is 8.10. The van der Waals surface area contributed by atoms with Crippen LogP contribution in [0, 0.1) is 5.82 Å². The van der Waals surface area contributed by atoms with Crippen LogP contribution in [0.4, 0.5) is 10.1 Å². The average Bonchev–Trinajstić information content (AvgIpc) is 2.52. The minimum Gasteiger partial charge on any atom is -0.497 e. The summed E-state index contributed by atoms with van der Waals surface area (Å²) in [6.45, 7) is -0.586. The van der Waals surface area contributed by atoms with E-state index in [0.29, 0.717) is 0 Å². The van der Waals surface area contributed by atoms with Gasteiger partial charge in [0.2, 0.25) is 0 Å². The van der Waals surface area contributed by atoms with E-state index in [-0.39, 0.29) is 22.1 Å². The summed E-state index contributed by atoms with van der Waals surface area (Å²) in [5.41, 5.74) is 0.110. The number of rotatable bonds is 7. The van der Waals surface area contributed by atoms with Gasteiger partial charge in [0, 0.05) is 18.2 Å². The molecule has 0 saturated carbocycles. The number of carboxylic acid groups (broad SMARTS) is 1. The maximum atomic E-state index is 12.9. The van der Waals surface area contributed by atoms with Gasteiger partial charge in [-0.05, 0) is 24.3 Å². The standard InChI is InChI=1S/C15H14FNO6S/c1-22-12-6-11(7-13(8-12)23-9-15(18)19)17-24(20,21)14-4-2-10(16)3-5-14/h2-8,17H,9H2,1H3,(H,18,19). The molecule has 2 aromatic rings. The third-order valence-corrected chi connectivity index (χ3v) is 4.25. The molecular weight excluding hydrogens is 341 g/mol. The predicted molar refractivity (Wildman–Crippen MR) is 83.3 cm³/mol. The van der Waals surface area contributed by atoms with E-state index in [1.165, 1.54) is 25.3 Å². The molecule has 128 valence electrons. The highest BCUT2D eigenvalue weighted by Gasteiger charge is 2.15. The van der Waals surface area contributed by atoms with Gasteiger partial charge in [0.1, 0.15) is 17.3 Å². The van der Waals surface area contributed by atoms with Crippen molar-refractivity contribution in [2.45, 2.75) is 4.90 Å². The van der Waals surface area contributed by atoms with Crippen LogP contribution >= 0.6 is 0 Å². The fourth-order valence-electron chi connectivity index (χ4n) is 1.80. The van der Waals surface area contributed by atoms with Crippen molar-refractivity contribution in [3.05, 3.63) is 48.3 Å². The summed E-state index contributed by atoms with van der Waals surface area (Å²) >= 11 is 0. The molecule has 2 rings (SSSR count). The summed E-state index contributed by atoms with van der Waals surface area (Å²) in [5, 5.41) is 8.63. The van der Waals surface area contributed by atoms with Gasteiger partial charge < -0.3 is 14.6 Å². The Morgan fingerprint density at radius 2 is 1.79 bits per heavy atom. The number of benzene rings is 2. The van der Waals surface area contributed by atoms with Gasteiger partial charge in [-0.1, -0.05) is 0 Å². The van der Waals surface area contributed by atoms with Crippen molar-refractivity contribution in [1.82, 2.24) is 0 Å². The molecular formula is C15H14FNO6S. The lowest BCUT2D eigenvalue weighted by Gasteiger charge is -2.12. The van der Waals surface area contributed by atoms with Gasteiger partial charge in [0.25, 0.3) is 10.0 Å². The number of hydrogen-bond donors (Lipinski definition) is 2. The quantitative estimate of drug-likeness (QED) is 0.789. The minimum atomic E-state index is -3.95. The first kappa shape index (κ1) is 17.5. The summed E-state index contributed by atoms with van der Waals surface area (Å²) < 4.78 is 49.8. The summed E-state index contributed by atoms with van der Waals surface area (Å²) in [6.07, 6.45) is 0. The molecule has 9 heteroatoms. The van der Waals surface area contributed by atoms with Crippen molar-refractivity contribution in [3.63, 3.8) is 0 Å². The highest BCUT2D eigenvalue weighted by Crippen LogP contribution is 2.27. The molecule has 0 heterocycles. The monoisotopic (exact) mass is 355 g/mol. The van der Waals surface area contributed by atoms with Crippen LogP contribution in [-0.2, 0) is 14.8 Å². The molecule has 2 N–H and O–H groups in total. The van der Waals surface area contributed by atoms with Gasteiger partial charge in [-0.15, -0.1) is 0 Å². The Hall–Kier alpha value is -2.81. The lowest BCUT2D eigenvalue weighted by atomic mass is 10.3. The van der Waals surface area contributed by atoms with Crippen molar-refractivity contribution in [2.75, 3.05) is 18.4 Å². The molecule has 0 aliphatic heterocycles. The Labute approximate surface area is 137 Å². The first-order chi connectivity index (χ1) is 11.3. The van der Waals surface area contributed by atoms with E-state index >= 15 is 0 Å². The van der Waals surface area contributed by atoms with Crippen LogP contribution in [-0.4, -0.2) is 33.2 Å². The first-order valence-electron chi connectivity index (χ1n) is 6.62. The molecule has 0 radical (unpaired) electrons. The summed E-state index contributed by atoms with van der Waals surface area (Å²) in [7, 11) is -2.58. The summed E-state index contributed by atoms with van der Waals surface area (Å²) in [6, 6.07) is 8.43. The maximum absolute atomic E-state index is 12.9. The van der Waals surface area contributed by atoms with E-state index in [2.05, 4.69) is 4.72 Å². The lowest BCUT2D eigenvalue weighted by Crippen LogP contribution is -2.13. The normalized spacial score (nSPS) is 10.9. The number of methoxy groups -OCH3 is 1. The van der Waals surface area contributed by atoms with Crippen LogP contribution in [0.25, 0.3) is 0 Å². The SMILES string of the molecule is COc1cc(NS(=O)(=O)c2ccc(F)cc2)cc(OCC(=O)O)c1. The maximum Gasteiger partial charge on any atom is 0.341 e. The van der Waals surface area contributed by atoms with E-state index in [9.17, 15) is 17.6 Å². The molecule has 0 spiro atoms. The molecule has 0 aliphatic carbocycles. The van der Waals surface area contributed by atoms with E-state index < -0.39 is 28.4 Å². The summed E-state index contributed by atoms with van der Waals surface area (Å²) in [5.74, 6) is -1.34. The van der Waals surface area contributed by atoms with Gasteiger partial charge in [-0.2, -0.15) is 0 Å². The van der Waals surface area contributed by atoms with Crippen LogP contribution in [0.3, 0.4) is 0 Å². The highest BCUT2D eigenvalue weighted by atomic mass is 32.2. The van der Waals surface area contributed by atoms with E-state index in [4.69, 9.17) is 14.6 Å². The van der Waals surface area contributed by atoms with Crippen LogP contribution < -0.4 is 14.2 Å². The van der Waals surface area contributed by atoms with Crippen molar-refractivity contribution >= 4 is 21.7 Å². The van der Waals surface area contributed by atoms with Crippen molar-refractivity contribution in [1.29, 1.82) is 0 Å². The Bertz CT molecular complexity index is 836. The van der Waals surface area contributed by atoms with Gasteiger partial charge >= 0.3 is 5.97 Å².